The van der Waals surface area contributed by atoms with Crippen LogP contribution in [0.15, 0.2) is 71.9 Å². The average molecular weight is 493 g/mol. The van der Waals surface area contributed by atoms with Crippen LogP contribution in [0.4, 0.5) is 10.1 Å². The molecule has 0 unspecified atom stereocenters. The summed E-state index contributed by atoms with van der Waals surface area (Å²) in [4.78, 5) is 16.8. The first-order valence-electron chi connectivity index (χ1n) is 9.20. The second-order valence-electron chi connectivity index (χ2n) is 6.78. The summed E-state index contributed by atoms with van der Waals surface area (Å²) in [5.41, 5.74) is 1.51. The second-order valence-corrected chi connectivity index (χ2v) is 9.31. The minimum absolute atomic E-state index is 0.0195. The molecule has 4 aromatic rings. The van der Waals surface area contributed by atoms with Gasteiger partial charge in [-0.25, -0.2) is 17.8 Å². The largest absolute Gasteiger partial charge is 0.346 e. The summed E-state index contributed by atoms with van der Waals surface area (Å²) in [5, 5.41) is 3.39. The third-order valence-electron chi connectivity index (χ3n) is 4.49. The third kappa shape index (κ3) is 4.85. The van der Waals surface area contributed by atoms with E-state index in [1.54, 1.807) is 28.9 Å². The lowest BCUT2D eigenvalue weighted by Gasteiger charge is -2.11. The number of rotatable bonds is 6. The number of nitrogens with zero attached hydrogens (tertiary/aromatic N) is 2. The minimum Gasteiger partial charge on any atom is -0.346 e. The number of carbonyl (C=O) groups is 1. The molecule has 0 atom stereocenters. The quantitative estimate of drug-likeness (QED) is 0.414. The van der Waals surface area contributed by atoms with Crippen LogP contribution in [0.5, 0.6) is 0 Å². The predicted molar refractivity (Wildman–Crippen MR) is 120 cm³/mol. The van der Waals surface area contributed by atoms with Gasteiger partial charge in [0.1, 0.15) is 11.5 Å². The van der Waals surface area contributed by atoms with Gasteiger partial charge in [0.15, 0.2) is 0 Å². The number of halogens is 3. The molecule has 7 nitrogen and oxygen atoms in total. The van der Waals surface area contributed by atoms with Crippen LogP contribution < -0.4 is 10.0 Å². The van der Waals surface area contributed by atoms with Crippen molar-refractivity contribution < 1.29 is 17.6 Å². The van der Waals surface area contributed by atoms with Crippen molar-refractivity contribution in [1.82, 2.24) is 14.7 Å². The lowest BCUT2D eigenvalue weighted by Crippen LogP contribution is -2.23. The molecule has 0 aliphatic carbocycles. The fourth-order valence-electron chi connectivity index (χ4n) is 2.94. The molecule has 11 heteroatoms. The van der Waals surface area contributed by atoms with Crippen LogP contribution in [-0.2, 0) is 16.6 Å². The van der Waals surface area contributed by atoms with Crippen molar-refractivity contribution in [2.45, 2.75) is 11.4 Å². The number of anilines is 1. The highest BCUT2D eigenvalue weighted by Crippen LogP contribution is 2.26. The molecule has 0 fully saturated rings. The van der Waals surface area contributed by atoms with E-state index in [9.17, 15) is 17.6 Å². The molecule has 2 N–H and O–H groups in total. The van der Waals surface area contributed by atoms with Gasteiger partial charge in [-0.15, -0.1) is 0 Å². The zero-order chi connectivity index (χ0) is 22.9. The van der Waals surface area contributed by atoms with E-state index in [-0.39, 0.29) is 27.7 Å². The van der Waals surface area contributed by atoms with Crippen molar-refractivity contribution in [1.29, 1.82) is 0 Å². The van der Waals surface area contributed by atoms with Gasteiger partial charge < -0.3 is 9.72 Å². The first-order valence-corrected chi connectivity index (χ1v) is 11.4. The Hall–Kier alpha value is -3.14. The van der Waals surface area contributed by atoms with E-state index in [0.717, 1.165) is 24.3 Å². The van der Waals surface area contributed by atoms with Crippen LogP contribution in [0.1, 0.15) is 16.1 Å². The Morgan fingerprint density at radius 2 is 1.78 bits per heavy atom. The topological polar surface area (TPSA) is 92.6 Å². The summed E-state index contributed by atoms with van der Waals surface area (Å²) >= 11 is 12.1. The van der Waals surface area contributed by atoms with Crippen molar-refractivity contribution in [2.24, 2.45) is 0 Å². The van der Waals surface area contributed by atoms with Gasteiger partial charge in [-0.2, -0.15) is 0 Å². The van der Waals surface area contributed by atoms with E-state index in [0.29, 0.717) is 16.4 Å². The number of imidazole rings is 1. The Morgan fingerprint density at radius 3 is 2.53 bits per heavy atom. The van der Waals surface area contributed by atoms with Gasteiger partial charge in [0.25, 0.3) is 15.9 Å². The number of fused-ring (bicyclic) bond motifs is 1. The molecule has 0 aliphatic heterocycles. The van der Waals surface area contributed by atoms with Crippen molar-refractivity contribution in [3.63, 3.8) is 0 Å². The lowest BCUT2D eigenvalue weighted by molar-refractivity contribution is 0.0950. The second kappa shape index (κ2) is 8.78. The van der Waals surface area contributed by atoms with Crippen LogP contribution in [0.3, 0.4) is 0 Å². The zero-order valence-corrected chi connectivity index (χ0v) is 18.5. The lowest BCUT2D eigenvalue weighted by atomic mass is 10.2. The highest BCUT2D eigenvalue weighted by Gasteiger charge is 2.17. The molecule has 0 bridgehead atoms. The highest BCUT2D eigenvalue weighted by molar-refractivity contribution is 7.92. The molecule has 0 saturated heterocycles. The Kier molecular flexibility index (Phi) is 6.05. The number of aromatic nitrogens is 2. The van der Waals surface area contributed by atoms with Gasteiger partial charge in [0, 0.05) is 18.0 Å². The Morgan fingerprint density at radius 1 is 1.03 bits per heavy atom. The Bertz CT molecular complexity index is 1420. The molecule has 1 amide bonds. The summed E-state index contributed by atoms with van der Waals surface area (Å²) in [6, 6.07) is 12.0. The van der Waals surface area contributed by atoms with Gasteiger partial charge in [-0.1, -0.05) is 23.2 Å². The van der Waals surface area contributed by atoms with Crippen molar-refractivity contribution in [2.75, 3.05) is 4.72 Å². The summed E-state index contributed by atoms with van der Waals surface area (Å²) < 4.78 is 42.3. The van der Waals surface area contributed by atoms with Gasteiger partial charge in [-0.05, 0) is 54.6 Å². The average Bonchev–Trinajstić information content (AvgIpc) is 3.15. The fraction of sp³-hybridized carbons (Fsp3) is 0.0476. The van der Waals surface area contributed by atoms with Crippen molar-refractivity contribution >= 4 is 50.5 Å². The highest BCUT2D eigenvalue weighted by atomic mass is 35.5. The predicted octanol–water partition coefficient (Wildman–Crippen LogP) is 4.51. The third-order valence-corrected chi connectivity index (χ3v) is 6.43. The Balaban J connectivity index is 1.49. The first kappa shape index (κ1) is 22.1. The van der Waals surface area contributed by atoms with E-state index in [1.807, 2.05) is 0 Å². The first-order chi connectivity index (χ1) is 15.2. The molecular weight excluding hydrogens is 478 g/mol. The number of nitrogens with one attached hydrogen (secondary N) is 2. The maximum Gasteiger partial charge on any atom is 0.261 e. The van der Waals surface area contributed by atoms with Crippen LogP contribution in [0.2, 0.25) is 10.0 Å². The summed E-state index contributed by atoms with van der Waals surface area (Å²) in [6.45, 7) is 0.150. The molecule has 0 spiro atoms. The molecule has 4 rings (SSSR count). The van der Waals surface area contributed by atoms with E-state index in [2.05, 4.69) is 15.0 Å². The molecule has 2 aromatic carbocycles. The number of benzene rings is 2. The number of carbonyl (C=O) groups excluding carboxylic acids is 1. The summed E-state index contributed by atoms with van der Waals surface area (Å²) in [6.07, 6.45) is 3.44. The van der Waals surface area contributed by atoms with Crippen LogP contribution >= 0.6 is 23.2 Å². The van der Waals surface area contributed by atoms with Crippen LogP contribution in [-0.4, -0.2) is 23.7 Å². The van der Waals surface area contributed by atoms with Gasteiger partial charge in [0.2, 0.25) is 0 Å². The Labute approximate surface area is 192 Å². The SMILES string of the molecule is O=C(NCc1cn2cc(Cl)ccc2n1)c1ccc(Cl)c(NS(=O)(=O)c2ccc(F)cc2)c1. The fourth-order valence-corrected chi connectivity index (χ4v) is 4.40. The van der Waals surface area contributed by atoms with Crippen molar-refractivity contribution in [3.8, 4) is 0 Å². The monoisotopic (exact) mass is 492 g/mol. The standard InChI is InChI=1S/C21H15Cl2FN4O3S/c22-14-2-8-20-26-16(12-28(20)11-14)10-25-21(29)13-1-7-18(23)19(9-13)27-32(30,31)17-5-3-15(24)4-6-17/h1-9,11-12,27H,10H2,(H,25,29). The molecule has 2 heterocycles. The molecule has 32 heavy (non-hydrogen) atoms. The van der Waals surface area contributed by atoms with E-state index < -0.39 is 21.7 Å². The number of hydrogen-bond donors (Lipinski definition) is 2. The maximum absolute atomic E-state index is 13.1. The summed E-state index contributed by atoms with van der Waals surface area (Å²) in [7, 11) is -4.03. The smallest absolute Gasteiger partial charge is 0.261 e. The normalized spacial score (nSPS) is 11.5. The number of sulfonamides is 1. The number of hydrogen-bond acceptors (Lipinski definition) is 4. The molecule has 0 saturated carbocycles. The van der Waals surface area contributed by atoms with Crippen LogP contribution in [0, 0.1) is 5.82 Å². The number of amides is 1. The molecule has 0 aliphatic rings. The molecule has 0 radical (unpaired) electrons. The van der Waals surface area contributed by atoms with Gasteiger partial charge in [0.05, 0.1) is 32.9 Å². The van der Waals surface area contributed by atoms with Crippen LogP contribution in [0.25, 0.3) is 5.65 Å². The van der Waals surface area contributed by atoms with E-state index >= 15 is 0 Å². The summed E-state index contributed by atoms with van der Waals surface area (Å²) in [5.74, 6) is -1.01. The van der Waals surface area contributed by atoms with Crippen molar-refractivity contribution in [3.05, 3.63) is 94.1 Å². The van der Waals surface area contributed by atoms with E-state index in [1.165, 1.54) is 18.2 Å². The number of pyridine rings is 1. The molecule has 2 aromatic heterocycles. The molecular formula is C21H15Cl2FN4O3S. The van der Waals surface area contributed by atoms with Gasteiger partial charge >= 0.3 is 0 Å². The van der Waals surface area contributed by atoms with Gasteiger partial charge in [-0.3, -0.25) is 9.52 Å². The molecule has 164 valence electrons. The zero-order valence-electron chi connectivity index (χ0n) is 16.2. The maximum atomic E-state index is 13.1. The minimum atomic E-state index is -4.03. The van der Waals surface area contributed by atoms with E-state index in [4.69, 9.17) is 23.2 Å².